The maximum absolute atomic E-state index is 5.61. The van der Waals surface area contributed by atoms with Crippen LogP contribution in [0, 0.1) is 29.1 Å². The lowest BCUT2D eigenvalue weighted by Gasteiger charge is -2.31. The average molecular weight is 218 g/mol. The van der Waals surface area contributed by atoms with Gasteiger partial charge in [0.25, 0.3) is 0 Å². The Labute approximate surface area is 98.6 Å². The minimum Gasteiger partial charge on any atom is -0.501 e. The minimum absolute atomic E-state index is 0.548. The third-order valence-corrected chi connectivity index (χ3v) is 5.20. The highest BCUT2D eigenvalue weighted by atomic mass is 16.5. The van der Waals surface area contributed by atoms with E-state index < -0.39 is 0 Å². The molecule has 0 aromatic carbocycles. The lowest BCUT2D eigenvalue weighted by atomic mass is 9.78. The van der Waals surface area contributed by atoms with Crippen molar-refractivity contribution in [1.82, 2.24) is 0 Å². The summed E-state index contributed by atoms with van der Waals surface area (Å²) in [6.45, 7) is 10.4. The van der Waals surface area contributed by atoms with Gasteiger partial charge in [-0.2, -0.15) is 0 Å². The zero-order valence-electron chi connectivity index (χ0n) is 10.8. The van der Waals surface area contributed by atoms with Crippen LogP contribution in [0.15, 0.2) is 23.5 Å². The number of ether oxygens (including phenoxy) is 1. The van der Waals surface area contributed by atoms with Gasteiger partial charge in [-0.05, 0) is 53.6 Å². The van der Waals surface area contributed by atoms with E-state index in [1.165, 1.54) is 17.6 Å². The smallest absolute Gasteiger partial charge is 0.0904 e. The van der Waals surface area contributed by atoms with E-state index in [-0.39, 0.29) is 0 Å². The first-order valence-electron chi connectivity index (χ1n) is 6.52. The largest absolute Gasteiger partial charge is 0.501 e. The molecule has 1 aliphatic heterocycles. The molecule has 0 spiro atoms. The molecule has 2 aliphatic carbocycles. The molecule has 0 aromatic heterocycles. The number of hydrogen-bond acceptors (Lipinski definition) is 1. The summed E-state index contributed by atoms with van der Waals surface area (Å²) in [6.07, 6.45) is 5.73. The molecule has 4 unspecified atom stereocenters. The molecule has 1 nitrogen and oxygen atoms in total. The first kappa shape index (κ1) is 10.4. The Balaban J connectivity index is 2.03. The molecule has 1 fully saturated rings. The van der Waals surface area contributed by atoms with Crippen molar-refractivity contribution in [1.29, 1.82) is 0 Å². The normalized spacial score (nSPS) is 44.2. The number of fused-ring (bicyclic) bond motifs is 3. The Kier molecular flexibility index (Phi) is 2.05. The molecule has 0 bridgehead atoms. The van der Waals surface area contributed by atoms with Crippen LogP contribution in [0.25, 0.3) is 0 Å². The van der Waals surface area contributed by atoms with E-state index in [2.05, 4.69) is 33.8 Å². The molecule has 0 N–H and O–H groups in total. The van der Waals surface area contributed by atoms with Crippen molar-refractivity contribution in [2.75, 3.05) is 6.61 Å². The van der Waals surface area contributed by atoms with Crippen LogP contribution in [-0.2, 0) is 4.74 Å². The predicted octanol–water partition coefficient (Wildman–Crippen LogP) is 3.78. The van der Waals surface area contributed by atoms with Crippen molar-refractivity contribution in [3.05, 3.63) is 23.5 Å². The molecular weight excluding hydrogens is 196 g/mol. The second kappa shape index (κ2) is 3.15. The number of rotatable bonds is 0. The zero-order valence-corrected chi connectivity index (χ0v) is 10.8. The Morgan fingerprint density at radius 2 is 2.12 bits per heavy atom. The monoisotopic (exact) mass is 218 g/mol. The van der Waals surface area contributed by atoms with Gasteiger partial charge in [0.1, 0.15) is 0 Å². The molecule has 1 heterocycles. The summed E-state index contributed by atoms with van der Waals surface area (Å²) in [5.74, 6) is 3.20. The van der Waals surface area contributed by atoms with Crippen molar-refractivity contribution in [2.45, 2.75) is 34.1 Å². The van der Waals surface area contributed by atoms with E-state index in [0.717, 1.165) is 24.4 Å². The zero-order chi connectivity index (χ0) is 11.5. The summed E-state index contributed by atoms with van der Waals surface area (Å²) in [7, 11) is 0. The Bertz CT molecular complexity index is 375. The fraction of sp³-hybridized carbons (Fsp3) is 0.733. The average Bonchev–Trinajstić information content (AvgIpc) is 2.81. The van der Waals surface area contributed by atoms with Gasteiger partial charge in [-0.1, -0.05) is 26.8 Å². The second-order valence-electron chi connectivity index (χ2n) is 6.49. The summed E-state index contributed by atoms with van der Waals surface area (Å²) in [6, 6.07) is 0. The summed E-state index contributed by atoms with van der Waals surface area (Å²) in [5, 5.41) is 0. The maximum Gasteiger partial charge on any atom is 0.0904 e. The SMILES string of the molecule is CC1=CCC2C(C3C1=COCC3C)C2(C)C. The Morgan fingerprint density at radius 1 is 1.38 bits per heavy atom. The van der Waals surface area contributed by atoms with Gasteiger partial charge in [-0.15, -0.1) is 0 Å². The molecule has 3 aliphatic rings. The van der Waals surface area contributed by atoms with Gasteiger partial charge in [-0.3, -0.25) is 0 Å². The van der Waals surface area contributed by atoms with Crippen LogP contribution < -0.4 is 0 Å². The van der Waals surface area contributed by atoms with E-state index in [1.54, 1.807) is 0 Å². The van der Waals surface area contributed by atoms with E-state index in [9.17, 15) is 0 Å². The maximum atomic E-state index is 5.61. The van der Waals surface area contributed by atoms with E-state index in [1.807, 2.05) is 6.26 Å². The standard InChI is InChI=1S/C15H22O/c1-9-5-6-12-14(15(12,3)4)13-10(2)7-16-8-11(9)13/h5,8,10,12-14H,6-7H2,1-4H3. The highest BCUT2D eigenvalue weighted by Gasteiger charge is 2.62. The van der Waals surface area contributed by atoms with Crippen LogP contribution in [0.1, 0.15) is 34.1 Å². The third kappa shape index (κ3) is 1.23. The van der Waals surface area contributed by atoms with E-state index >= 15 is 0 Å². The molecule has 0 saturated heterocycles. The predicted molar refractivity (Wildman–Crippen MR) is 65.8 cm³/mol. The lowest BCUT2D eigenvalue weighted by Crippen LogP contribution is -2.26. The lowest BCUT2D eigenvalue weighted by molar-refractivity contribution is 0.131. The highest BCUT2D eigenvalue weighted by Crippen LogP contribution is 2.67. The van der Waals surface area contributed by atoms with Crippen molar-refractivity contribution >= 4 is 0 Å². The molecule has 0 aromatic rings. The van der Waals surface area contributed by atoms with Crippen LogP contribution in [-0.4, -0.2) is 6.61 Å². The molecule has 0 radical (unpaired) electrons. The molecule has 3 rings (SSSR count). The van der Waals surface area contributed by atoms with Gasteiger partial charge in [0, 0.05) is 0 Å². The third-order valence-electron chi connectivity index (χ3n) is 5.20. The molecule has 4 atom stereocenters. The van der Waals surface area contributed by atoms with Gasteiger partial charge in [-0.25, -0.2) is 0 Å². The van der Waals surface area contributed by atoms with Gasteiger partial charge < -0.3 is 4.74 Å². The first-order valence-corrected chi connectivity index (χ1v) is 6.52. The second-order valence-corrected chi connectivity index (χ2v) is 6.49. The van der Waals surface area contributed by atoms with Crippen LogP contribution in [0.4, 0.5) is 0 Å². The highest BCUT2D eigenvalue weighted by molar-refractivity contribution is 5.37. The topological polar surface area (TPSA) is 9.23 Å². The van der Waals surface area contributed by atoms with E-state index in [4.69, 9.17) is 4.74 Å². The fourth-order valence-electron chi connectivity index (χ4n) is 4.05. The van der Waals surface area contributed by atoms with Gasteiger partial charge in [0.2, 0.25) is 0 Å². The van der Waals surface area contributed by atoms with Crippen LogP contribution in [0.2, 0.25) is 0 Å². The summed E-state index contributed by atoms with van der Waals surface area (Å²) in [5.41, 5.74) is 3.49. The molecular formula is C15H22O. The first-order chi connectivity index (χ1) is 7.53. The molecule has 0 amide bonds. The van der Waals surface area contributed by atoms with Crippen molar-refractivity contribution in [3.8, 4) is 0 Å². The quantitative estimate of drug-likeness (QED) is 0.601. The Hall–Kier alpha value is -0.720. The van der Waals surface area contributed by atoms with Gasteiger partial charge in [0.05, 0.1) is 12.9 Å². The van der Waals surface area contributed by atoms with Crippen LogP contribution in [0.3, 0.4) is 0 Å². The van der Waals surface area contributed by atoms with Crippen LogP contribution in [0.5, 0.6) is 0 Å². The minimum atomic E-state index is 0.548. The molecule has 1 saturated carbocycles. The van der Waals surface area contributed by atoms with Crippen molar-refractivity contribution in [2.24, 2.45) is 29.1 Å². The Morgan fingerprint density at radius 3 is 2.88 bits per heavy atom. The van der Waals surface area contributed by atoms with Crippen LogP contribution >= 0.6 is 0 Å². The van der Waals surface area contributed by atoms with Gasteiger partial charge in [0.15, 0.2) is 0 Å². The molecule has 16 heavy (non-hydrogen) atoms. The molecule has 1 heteroatoms. The summed E-state index contributed by atoms with van der Waals surface area (Å²) < 4.78 is 5.61. The van der Waals surface area contributed by atoms with Crippen molar-refractivity contribution < 1.29 is 4.74 Å². The van der Waals surface area contributed by atoms with Crippen molar-refractivity contribution in [3.63, 3.8) is 0 Å². The number of hydrogen-bond donors (Lipinski definition) is 0. The van der Waals surface area contributed by atoms with Gasteiger partial charge >= 0.3 is 0 Å². The summed E-state index contributed by atoms with van der Waals surface area (Å²) >= 11 is 0. The number of allylic oxidation sites excluding steroid dienone is 3. The molecule has 88 valence electrons. The van der Waals surface area contributed by atoms with E-state index in [0.29, 0.717) is 11.3 Å². The fourth-order valence-corrected chi connectivity index (χ4v) is 4.05. The summed E-state index contributed by atoms with van der Waals surface area (Å²) in [4.78, 5) is 0.